The smallest absolute Gasteiger partial charge is 0.406 e. The fourth-order valence-corrected chi connectivity index (χ4v) is 6.87. The van der Waals surface area contributed by atoms with Crippen molar-refractivity contribution >= 4 is 51.7 Å². The molecule has 4 aromatic heterocycles. The van der Waals surface area contributed by atoms with Crippen LogP contribution in [0.3, 0.4) is 0 Å². The Hall–Kier alpha value is -2.96. The molecule has 0 aromatic carbocycles. The summed E-state index contributed by atoms with van der Waals surface area (Å²) >= 11 is 9.11. The van der Waals surface area contributed by atoms with E-state index in [0.29, 0.717) is 40.5 Å². The molecule has 1 aliphatic rings. The number of fused-ring (bicyclic) bond motifs is 3. The molecule has 0 bridgehead atoms. The molecule has 35 heavy (non-hydrogen) atoms. The van der Waals surface area contributed by atoms with E-state index in [0.717, 1.165) is 16.0 Å². The van der Waals surface area contributed by atoms with E-state index in [4.69, 9.17) is 20.8 Å². The van der Waals surface area contributed by atoms with E-state index in [9.17, 15) is 14.4 Å². The molecule has 184 valence electrons. The first-order chi connectivity index (χ1) is 16.7. The lowest BCUT2D eigenvalue weighted by Crippen LogP contribution is -2.37. The highest BCUT2D eigenvalue weighted by atomic mass is 35.5. The highest BCUT2D eigenvalue weighted by molar-refractivity contribution is 8.00. The summed E-state index contributed by atoms with van der Waals surface area (Å²) in [4.78, 5) is 42.9. The lowest BCUT2D eigenvalue weighted by molar-refractivity contribution is 0.171. The largest absolute Gasteiger partial charge is 0.453 e. The molecule has 0 saturated carbocycles. The molecule has 5 rings (SSSR count). The van der Waals surface area contributed by atoms with Crippen LogP contribution >= 0.6 is 34.7 Å². The number of hydrogen-bond acceptors (Lipinski definition) is 8. The van der Waals surface area contributed by atoms with Gasteiger partial charge in [0.1, 0.15) is 16.0 Å². The van der Waals surface area contributed by atoms with E-state index in [1.165, 1.54) is 30.1 Å². The standard InChI is InChI=1S/C22H22ClN5O5S2/c1-10-9-34-19(25-10)16-14-15(26(2)22(31)27(3)20(14)29)17-18(12-5-6-13(23)33-12)35-11(8-28(16)17)7-24-21(30)32-4/h5-6,9,11,18H,7-8H2,1-4H3,(H,24,30). The van der Waals surface area contributed by atoms with Crippen LogP contribution in [-0.4, -0.2) is 43.7 Å². The van der Waals surface area contributed by atoms with Gasteiger partial charge < -0.3 is 19.0 Å². The molecule has 0 fully saturated rings. The monoisotopic (exact) mass is 535 g/mol. The summed E-state index contributed by atoms with van der Waals surface area (Å²) < 4.78 is 15.2. The maximum absolute atomic E-state index is 13.5. The van der Waals surface area contributed by atoms with Gasteiger partial charge >= 0.3 is 11.8 Å². The van der Waals surface area contributed by atoms with Crippen LogP contribution in [0.5, 0.6) is 0 Å². The van der Waals surface area contributed by atoms with E-state index in [1.54, 1.807) is 30.9 Å². The van der Waals surface area contributed by atoms with Crippen molar-refractivity contribution in [3.8, 4) is 10.7 Å². The quantitative estimate of drug-likeness (QED) is 0.426. The number of alkyl carbamates (subject to hydrolysis) is 1. The van der Waals surface area contributed by atoms with Crippen LogP contribution in [0.15, 0.2) is 31.5 Å². The van der Waals surface area contributed by atoms with E-state index in [2.05, 4.69) is 10.3 Å². The number of methoxy groups -OCH3 is 1. The second-order valence-corrected chi connectivity index (χ2v) is 10.9. The van der Waals surface area contributed by atoms with Crippen LogP contribution in [0, 0.1) is 6.92 Å². The molecule has 5 heterocycles. The zero-order valence-corrected chi connectivity index (χ0v) is 21.7. The predicted molar refractivity (Wildman–Crippen MR) is 136 cm³/mol. The Morgan fingerprint density at radius 3 is 2.71 bits per heavy atom. The van der Waals surface area contributed by atoms with Gasteiger partial charge in [0.2, 0.25) is 0 Å². The van der Waals surface area contributed by atoms with Gasteiger partial charge in [-0.05, 0) is 30.7 Å². The molecule has 0 radical (unpaired) electrons. The van der Waals surface area contributed by atoms with Gasteiger partial charge in [-0.3, -0.25) is 13.9 Å². The number of aromatic nitrogens is 4. The number of nitrogens with zero attached hydrogens (tertiary/aromatic N) is 4. The molecular formula is C22H22ClN5O5S2. The van der Waals surface area contributed by atoms with Crippen molar-refractivity contribution in [1.29, 1.82) is 0 Å². The lowest BCUT2D eigenvalue weighted by atomic mass is 10.2. The number of furan rings is 1. The second kappa shape index (κ2) is 8.92. The molecular weight excluding hydrogens is 514 g/mol. The van der Waals surface area contributed by atoms with Gasteiger partial charge in [0.05, 0.1) is 29.4 Å². The van der Waals surface area contributed by atoms with Gasteiger partial charge in [-0.2, -0.15) is 0 Å². The third-order valence-electron chi connectivity index (χ3n) is 6.00. The molecule has 0 saturated heterocycles. The van der Waals surface area contributed by atoms with Crippen molar-refractivity contribution in [1.82, 2.24) is 24.0 Å². The molecule has 2 unspecified atom stereocenters. The van der Waals surface area contributed by atoms with Crippen molar-refractivity contribution in [2.45, 2.75) is 24.0 Å². The zero-order valence-electron chi connectivity index (χ0n) is 19.3. The topological polar surface area (TPSA) is 113 Å². The molecule has 1 N–H and O–H groups in total. The van der Waals surface area contributed by atoms with E-state index in [-0.39, 0.29) is 10.5 Å². The fraction of sp³-hybridized carbons (Fsp3) is 0.364. The Morgan fingerprint density at radius 2 is 2.09 bits per heavy atom. The summed E-state index contributed by atoms with van der Waals surface area (Å²) in [6.07, 6.45) is -0.529. The maximum Gasteiger partial charge on any atom is 0.406 e. The molecule has 13 heteroatoms. The Kier molecular flexibility index (Phi) is 6.06. The zero-order chi connectivity index (χ0) is 25.0. The number of thiazole rings is 1. The number of halogens is 1. The molecule has 1 aliphatic heterocycles. The highest BCUT2D eigenvalue weighted by Gasteiger charge is 2.38. The summed E-state index contributed by atoms with van der Waals surface area (Å²) in [6, 6.07) is 3.44. The molecule has 10 nitrogen and oxygen atoms in total. The van der Waals surface area contributed by atoms with Crippen molar-refractivity contribution in [2.24, 2.45) is 14.1 Å². The van der Waals surface area contributed by atoms with Crippen LogP contribution in [0.25, 0.3) is 21.6 Å². The Labute approximate surface area is 212 Å². The predicted octanol–water partition coefficient (Wildman–Crippen LogP) is 3.28. The minimum Gasteiger partial charge on any atom is -0.453 e. The molecule has 4 aromatic rings. The normalized spacial score (nSPS) is 17.5. The number of nitrogens with one attached hydrogen (secondary N) is 1. The van der Waals surface area contributed by atoms with Gasteiger partial charge in [-0.25, -0.2) is 14.6 Å². The number of hydrogen-bond donors (Lipinski definition) is 1. The molecule has 0 spiro atoms. The Balaban J connectivity index is 1.83. The summed E-state index contributed by atoms with van der Waals surface area (Å²) in [5, 5.41) is 5.52. The number of amides is 1. The SMILES string of the molecule is COC(=O)NCC1Cn2c(-c3nc(C)cs3)c3c(=O)n(C)c(=O)n(C)c3c2C(c2ccc(Cl)o2)S1. The highest BCUT2D eigenvalue weighted by Crippen LogP contribution is 2.49. The molecule has 1 amide bonds. The summed E-state index contributed by atoms with van der Waals surface area (Å²) in [7, 11) is 4.44. The third kappa shape index (κ3) is 3.89. The number of aryl methyl sites for hydroxylation is 2. The lowest BCUT2D eigenvalue weighted by Gasteiger charge is -2.31. The summed E-state index contributed by atoms with van der Waals surface area (Å²) in [5.74, 6) is 0.582. The van der Waals surface area contributed by atoms with Crippen LogP contribution in [0.2, 0.25) is 5.22 Å². The van der Waals surface area contributed by atoms with Gasteiger partial charge in [0.25, 0.3) is 5.56 Å². The average molecular weight is 536 g/mol. The van der Waals surface area contributed by atoms with Crippen molar-refractivity contribution in [3.05, 3.63) is 60.7 Å². The van der Waals surface area contributed by atoms with Crippen molar-refractivity contribution in [3.63, 3.8) is 0 Å². The van der Waals surface area contributed by atoms with E-state index in [1.807, 2.05) is 16.9 Å². The van der Waals surface area contributed by atoms with Crippen LogP contribution in [-0.2, 0) is 25.4 Å². The maximum atomic E-state index is 13.5. The molecule has 0 aliphatic carbocycles. The number of ether oxygens (including phenoxy) is 1. The van der Waals surface area contributed by atoms with Gasteiger partial charge in [0.15, 0.2) is 5.22 Å². The van der Waals surface area contributed by atoms with Crippen LogP contribution < -0.4 is 16.6 Å². The molecule has 2 atom stereocenters. The average Bonchev–Trinajstić information content (AvgIpc) is 3.55. The third-order valence-corrected chi connectivity index (χ3v) is 8.60. The fourth-order valence-electron chi connectivity index (χ4n) is 4.44. The first-order valence-electron chi connectivity index (χ1n) is 10.7. The summed E-state index contributed by atoms with van der Waals surface area (Å²) in [5.41, 5.74) is 1.96. The minimum atomic E-state index is -0.529. The first-order valence-corrected chi connectivity index (χ1v) is 12.9. The number of thioether (sulfide) groups is 1. The van der Waals surface area contributed by atoms with Crippen LogP contribution in [0.4, 0.5) is 4.79 Å². The number of rotatable bonds is 4. The number of carbonyl (C=O) groups is 1. The van der Waals surface area contributed by atoms with E-state index < -0.39 is 22.6 Å². The second-order valence-electron chi connectivity index (χ2n) is 8.22. The minimum absolute atomic E-state index is 0.0991. The van der Waals surface area contributed by atoms with E-state index >= 15 is 0 Å². The van der Waals surface area contributed by atoms with Crippen molar-refractivity contribution < 1.29 is 13.9 Å². The van der Waals surface area contributed by atoms with Crippen molar-refractivity contribution in [2.75, 3.05) is 13.7 Å². The van der Waals surface area contributed by atoms with Gasteiger partial charge in [-0.1, -0.05) is 0 Å². The summed E-state index contributed by atoms with van der Waals surface area (Å²) in [6.45, 7) is 2.68. The van der Waals surface area contributed by atoms with Gasteiger partial charge in [0, 0.05) is 43.5 Å². The first kappa shape index (κ1) is 23.8. The van der Waals surface area contributed by atoms with Crippen LogP contribution in [0.1, 0.15) is 22.4 Å². The Bertz CT molecular complexity index is 1580. The number of carbonyl (C=O) groups excluding carboxylic acids is 1. The van der Waals surface area contributed by atoms with Gasteiger partial charge in [-0.15, -0.1) is 23.1 Å². The Morgan fingerprint density at radius 1 is 1.31 bits per heavy atom.